The Labute approximate surface area is 250 Å². The molecule has 7 nitrogen and oxygen atoms in total. The van der Waals surface area contributed by atoms with Gasteiger partial charge in [0.05, 0.1) is 5.69 Å². The quantitative estimate of drug-likeness (QED) is 0.166. The largest absolute Gasteiger partial charge is 0.489 e. The lowest BCUT2D eigenvalue weighted by Gasteiger charge is -2.26. The molecule has 0 bridgehead atoms. The van der Waals surface area contributed by atoms with Gasteiger partial charge in [-0.25, -0.2) is 9.69 Å². The molecule has 0 atom stereocenters. The third kappa shape index (κ3) is 6.72. The molecular formula is C31H21Cl3N2O5. The summed E-state index contributed by atoms with van der Waals surface area (Å²) in [6.07, 6.45) is 1.34. The SMILES string of the molecule is O=C1NC(=O)N(c2ccc(OCc3ccccc3Cl)cc2)C(=O)/C1=C/c1cc(Cl)ccc1OCc1cccc(Cl)c1. The van der Waals surface area contributed by atoms with Gasteiger partial charge in [-0.3, -0.25) is 14.9 Å². The molecule has 4 amide bonds. The molecule has 0 radical (unpaired) electrons. The fourth-order valence-corrected chi connectivity index (χ4v) is 4.65. The Hall–Kier alpha value is -4.30. The van der Waals surface area contributed by atoms with Crippen LogP contribution in [0.15, 0.2) is 96.6 Å². The number of amides is 4. The van der Waals surface area contributed by atoms with Gasteiger partial charge in [-0.05, 0) is 72.3 Å². The Kier molecular flexibility index (Phi) is 8.59. The number of imide groups is 2. The normalized spacial score (nSPS) is 14.3. The third-order valence-electron chi connectivity index (χ3n) is 6.10. The van der Waals surface area contributed by atoms with E-state index in [1.807, 2.05) is 24.3 Å². The molecule has 5 rings (SSSR count). The van der Waals surface area contributed by atoms with Crippen LogP contribution in [0.1, 0.15) is 16.7 Å². The zero-order chi connectivity index (χ0) is 28.9. The zero-order valence-electron chi connectivity index (χ0n) is 21.3. The van der Waals surface area contributed by atoms with E-state index in [4.69, 9.17) is 44.3 Å². The molecule has 0 aliphatic carbocycles. The van der Waals surface area contributed by atoms with E-state index in [-0.39, 0.29) is 24.5 Å². The third-order valence-corrected chi connectivity index (χ3v) is 6.94. The molecule has 41 heavy (non-hydrogen) atoms. The number of urea groups is 1. The van der Waals surface area contributed by atoms with Crippen LogP contribution < -0.4 is 19.7 Å². The molecule has 206 valence electrons. The number of carbonyl (C=O) groups excluding carboxylic acids is 3. The van der Waals surface area contributed by atoms with Gasteiger partial charge in [0, 0.05) is 26.2 Å². The standard InChI is InChI=1S/C31H21Cl3N2O5/c32-22-6-3-4-19(14-22)17-41-28-13-8-23(33)15-21(28)16-26-29(37)35-31(39)36(30(26)38)24-9-11-25(12-10-24)40-18-20-5-1-2-7-27(20)34/h1-16H,17-18H2,(H,35,37,39)/b26-16+. The maximum absolute atomic E-state index is 13.4. The van der Waals surface area contributed by atoms with Crippen molar-refractivity contribution in [3.63, 3.8) is 0 Å². The van der Waals surface area contributed by atoms with Crippen molar-refractivity contribution in [1.82, 2.24) is 5.32 Å². The van der Waals surface area contributed by atoms with Crippen LogP contribution in [0.2, 0.25) is 15.1 Å². The van der Waals surface area contributed by atoms with Crippen molar-refractivity contribution in [2.45, 2.75) is 13.2 Å². The number of ether oxygens (including phenoxy) is 2. The predicted octanol–water partition coefficient (Wildman–Crippen LogP) is 7.47. The summed E-state index contributed by atoms with van der Waals surface area (Å²) in [7, 11) is 0. The summed E-state index contributed by atoms with van der Waals surface area (Å²) < 4.78 is 11.7. The van der Waals surface area contributed by atoms with E-state index >= 15 is 0 Å². The molecule has 4 aromatic rings. The second kappa shape index (κ2) is 12.5. The minimum absolute atomic E-state index is 0.189. The number of benzene rings is 4. The van der Waals surface area contributed by atoms with Gasteiger partial charge in [0.25, 0.3) is 11.8 Å². The van der Waals surface area contributed by atoms with Gasteiger partial charge in [0.15, 0.2) is 0 Å². The fourth-order valence-electron chi connectivity index (χ4n) is 4.07. The van der Waals surface area contributed by atoms with E-state index in [0.29, 0.717) is 32.1 Å². The average molecular weight is 608 g/mol. The van der Waals surface area contributed by atoms with Crippen molar-refractivity contribution in [2.24, 2.45) is 0 Å². The van der Waals surface area contributed by atoms with Gasteiger partial charge in [0.1, 0.15) is 30.3 Å². The molecule has 10 heteroatoms. The number of nitrogens with zero attached hydrogens (tertiary/aromatic N) is 1. The van der Waals surface area contributed by atoms with Crippen molar-refractivity contribution in [1.29, 1.82) is 0 Å². The van der Waals surface area contributed by atoms with E-state index in [1.54, 1.807) is 66.7 Å². The fraction of sp³-hybridized carbons (Fsp3) is 0.0645. The van der Waals surface area contributed by atoms with Crippen LogP contribution in [0, 0.1) is 0 Å². The van der Waals surface area contributed by atoms with Crippen molar-refractivity contribution < 1.29 is 23.9 Å². The minimum Gasteiger partial charge on any atom is -0.489 e. The first kappa shape index (κ1) is 28.2. The number of carbonyl (C=O) groups is 3. The van der Waals surface area contributed by atoms with Crippen LogP contribution in [-0.4, -0.2) is 17.8 Å². The summed E-state index contributed by atoms with van der Waals surface area (Å²) in [4.78, 5) is 39.8. The van der Waals surface area contributed by atoms with Crippen LogP contribution in [-0.2, 0) is 22.8 Å². The average Bonchev–Trinajstić information content (AvgIpc) is 2.95. The summed E-state index contributed by atoms with van der Waals surface area (Å²) in [5.74, 6) is -0.752. The smallest absolute Gasteiger partial charge is 0.335 e. The van der Waals surface area contributed by atoms with E-state index in [0.717, 1.165) is 16.0 Å². The molecular weight excluding hydrogens is 587 g/mol. The van der Waals surface area contributed by atoms with E-state index in [9.17, 15) is 14.4 Å². The first-order chi connectivity index (χ1) is 19.8. The van der Waals surface area contributed by atoms with Crippen LogP contribution in [0.5, 0.6) is 11.5 Å². The van der Waals surface area contributed by atoms with Crippen LogP contribution in [0.3, 0.4) is 0 Å². The molecule has 1 aliphatic heterocycles. The van der Waals surface area contributed by atoms with E-state index < -0.39 is 17.8 Å². The molecule has 4 aromatic carbocycles. The van der Waals surface area contributed by atoms with Crippen molar-refractivity contribution in [2.75, 3.05) is 4.90 Å². The first-order valence-corrected chi connectivity index (χ1v) is 13.5. The molecule has 0 spiro atoms. The second-order valence-corrected chi connectivity index (χ2v) is 10.2. The van der Waals surface area contributed by atoms with Crippen LogP contribution >= 0.6 is 34.8 Å². The Balaban J connectivity index is 1.36. The molecule has 0 aromatic heterocycles. The number of hydrogen-bond donors (Lipinski definition) is 1. The summed E-state index contributed by atoms with van der Waals surface area (Å²) in [5, 5.41) is 3.74. The van der Waals surface area contributed by atoms with Crippen molar-refractivity contribution in [3.05, 3.63) is 128 Å². The first-order valence-electron chi connectivity index (χ1n) is 12.3. The number of nitrogens with one attached hydrogen (secondary N) is 1. The van der Waals surface area contributed by atoms with Gasteiger partial charge < -0.3 is 9.47 Å². The van der Waals surface area contributed by atoms with Crippen molar-refractivity contribution in [3.8, 4) is 11.5 Å². The van der Waals surface area contributed by atoms with Gasteiger partial charge in [-0.15, -0.1) is 0 Å². The van der Waals surface area contributed by atoms with Gasteiger partial charge in [-0.2, -0.15) is 0 Å². The van der Waals surface area contributed by atoms with E-state index in [2.05, 4.69) is 5.32 Å². The lowest BCUT2D eigenvalue weighted by atomic mass is 10.1. The highest BCUT2D eigenvalue weighted by Gasteiger charge is 2.37. The molecule has 1 saturated heterocycles. The number of anilines is 1. The molecule has 1 aliphatic rings. The number of halogens is 3. The Morgan fingerprint density at radius 3 is 2.27 bits per heavy atom. The Bertz CT molecular complexity index is 1670. The highest BCUT2D eigenvalue weighted by Crippen LogP contribution is 2.29. The molecule has 0 saturated carbocycles. The summed E-state index contributed by atoms with van der Waals surface area (Å²) in [6, 6.07) is 24.8. The number of rotatable bonds is 8. The van der Waals surface area contributed by atoms with Gasteiger partial charge in [0.2, 0.25) is 0 Å². The molecule has 1 N–H and O–H groups in total. The van der Waals surface area contributed by atoms with Gasteiger partial charge >= 0.3 is 6.03 Å². The summed E-state index contributed by atoms with van der Waals surface area (Å²) in [5.41, 5.74) is 2.01. The number of hydrogen-bond acceptors (Lipinski definition) is 5. The summed E-state index contributed by atoms with van der Waals surface area (Å²) in [6.45, 7) is 0.429. The zero-order valence-corrected chi connectivity index (χ0v) is 23.5. The minimum atomic E-state index is -0.870. The highest BCUT2D eigenvalue weighted by atomic mass is 35.5. The lowest BCUT2D eigenvalue weighted by molar-refractivity contribution is -0.122. The van der Waals surface area contributed by atoms with Gasteiger partial charge in [-0.1, -0.05) is 65.1 Å². The highest BCUT2D eigenvalue weighted by molar-refractivity contribution is 6.39. The predicted molar refractivity (Wildman–Crippen MR) is 158 cm³/mol. The Morgan fingerprint density at radius 1 is 0.756 bits per heavy atom. The maximum atomic E-state index is 13.4. The van der Waals surface area contributed by atoms with Crippen LogP contribution in [0.4, 0.5) is 10.5 Å². The van der Waals surface area contributed by atoms with E-state index in [1.165, 1.54) is 6.08 Å². The number of barbiturate groups is 1. The molecule has 1 heterocycles. The molecule has 1 fully saturated rings. The maximum Gasteiger partial charge on any atom is 0.335 e. The lowest BCUT2D eigenvalue weighted by Crippen LogP contribution is -2.54. The molecule has 0 unspecified atom stereocenters. The monoisotopic (exact) mass is 606 g/mol. The summed E-state index contributed by atoms with van der Waals surface area (Å²) >= 11 is 18.5. The van der Waals surface area contributed by atoms with Crippen LogP contribution in [0.25, 0.3) is 6.08 Å². The second-order valence-electron chi connectivity index (χ2n) is 8.93. The topological polar surface area (TPSA) is 84.9 Å². The Morgan fingerprint density at radius 2 is 1.51 bits per heavy atom. The van der Waals surface area contributed by atoms with Crippen molar-refractivity contribution >= 4 is 64.4 Å².